The highest BCUT2D eigenvalue weighted by Gasteiger charge is 2.43. The van der Waals surface area contributed by atoms with Crippen LogP contribution in [0.15, 0.2) is 65.9 Å². The van der Waals surface area contributed by atoms with Gasteiger partial charge in [0.2, 0.25) is 5.91 Å². The van der Waals surface area contributed by atoms with Gasteiger partial charge < -0.3 is 0 Å². The Bertz CT molecular complexity index is 950. The molecule has 1 heterocycles. The zero-order valence-electron chi connectivity index (χ0n) is 14.0. The SMILES string of the molecule is Cc1cc(C=NNC(=O)[C@@H]2C[C@H]2c2ccccc2)cc2cccnc12. The van der Waals surface area contributed by atoms with Gasteiger partial charge in [0, 0.05) is 17.5 Å². The Balaban J connectivity index is 1.41. The third-order valence-electron chi connectivity index (χ3n) is 4.66. The Morgan fingerprint density at radius 3 is 2.88 bits per heavy atom. The summed E-state index contributed by atoms with van der Waals surface area (Å²) < 4.78 is 0. The molecule has 0 spiro atoms. The molecule has 25 heavy (non-hydrogen) atoms. The summed E-state index contributed by atoms with van der Waals surface area (Å²) in [4.78, 5) is 16.6. The standard InChI is InChI=1S/C21H19N3O/c1-14-10-15(11-17-8-5-9-22-20(14)17)13-23-24-21(25)19-12-18(19)16-6-3-2-4-7-16/h2-11,13,18-19H,12H2,1H3,(H,24,25)/t18-,19+/m0/s1. The van der Waals surface area contributed by atoms with Crippen molar-refractivity contribution in [2.45, 2.75) is 19.3 Å². The molecule has 1 aliphatic carbocycles. The number of fused-ring (bicyclic) bond motifs is 1. The van der Waals surface area contributed by atoms with E-state index >= 15 is 0 Å². The van der Waals surface area contributed by atoms with Crippen molar-refractivity contribution in [1.29, 1.82) is 0 Å². The summed E-state index contributed by atoms with van der Waals surface area (Å²) in [6.07, 6.45) is 4.38. The van der Waals surface area contributed by atoms with Crippen LogP contribution in [0.3, 0.4) is 0 Å². The predicted molar refractivity (Wildman–Crippen MR) is 99.5 cm³/mol. The first-order valence-electron chi connectivity index (χ1n) is 8.45. The molecule has 0 saturated heterocycles. The first-order valence-corrected chi connectivity index (χ1v) is 8.45. The van der Waals surface area contributed by atoms with Gasteiger partial charge in [-0.05, 0) is 54.2 Å². The molecule has 124 valence electrons. The fourth-order valence-electron chi connectivity index (χ4n) is 3.28. The maximum absolute atomic E-state index is 12.2. The summed E-state index contributed by atoms with van der Waals surface area (Å²) in [6, 6.07) is 18.2. The van der Waals surface area contributed by atoms with E-state index in [1.165, 1.54) is 5.56 Å². The number of amides is 1. The van der Waals surface area contributed by atoms with Crippen molar-refractivity contribution in [2.24, 2.45) is 11.0 Å². The number of carbonyl (C=O) groups excluding carboxylic acids is 1. The van der Waals surface area contributed by atoms with E-state index in [0.717, 1.165) is 28.5 Å². The van der Waals surface area contributed by atoms with E-state index in [1.54, 1.807) is 12.4 Å². The number of hydrogen-bond acceptors (Lipinski definition) is 3. The van der Waals surface area contributed by atoms with Crippen LogP contribution in [0.25, 0.3) is 10.9 Å². The lowest BCUT2D eigenvalue weighted by Crippen LogP contribution is -2.20. The highest BCUT2D eigenvalue weighted by molar-refractivity contribution is 5.91. The van der Waals surface area contributed by atoms with Crippen LogP contribution in [0.5, 0.6) is 0 Å². The molecule has 3 aromatic rings. The first kappa shape index (κ1) is 15.5. The molecule has 4 rings (SSSR count). The van der Waals surface area contributed by atoms with E-state index in [4.69, 9.17) is 0 Å². The van der Waals surface area contributed by atoms with Gasteiger partial charge in [-0.15, -0.1) is 0 Å². The second kappa shape index (κ2) is 6.48. The number of nitrogens with zero attached hydrogens (tertiary/aromatic N) is 2. The van der Waals surface area contributed by atoms with E-state index in [2.05, 4.69) is 27.6 Å². The van der Waals surface area contributed by atoms with Crippen molar-refractivity contribution in [3.05, 3.63) is 77.5 Å². The van der Waals surface area contributed by atoms with Crippen LogP contribution < -0.4 is 5.43 Å². The van der Waals surface area contributed by atoms with Gasteiger partial charge >= 0.3 is 0 Å². The number of hydrogen-bond donors (Lipinski definition) is 1. The summed E-state index contributed by atoms with van der Waals surface area (Å²) in [5, 5.41) is 5.20. The minimum atomic E-state index is -0.00993. The smallest absolute Gasteiger partial charge is 0.243 e. The number of nitrogens with one attached hydrogen (secondary N) is 1. The molecule has 1 aliphatic rings. The fraction of sp³-hybridized carbons (Fsp3) is 0.190. The van der Waals surface area contributed by atoms with E-state index < -0.39 is 0 Å². The topological polar surface area (TPSA) is 54.4 Å². The average molecular weight is 329 g/mol. The van der Waals surface area contributed by atoms with Gasteiger partial charge in [0.25, 0.3) is 0 Å². The Morgan fingerprint density at radius 2 is 2.04 bits per heavy atom. The largest absolute Gasteiger partial charge is 0.273 e. The summed E-state index contributed by atoms with van der Waals surface area (Å²) >= 11 is 0. The van der Waals surface area contributed by atoms with Crippen LogP contribution in [-0.2, 0) is 4.79 Å². The van der Waals surface area contributed by atoms with Crippen LogP contribution in [-0.4, -0.2) is 17.1 Å². The van der Waals surface area contributed by atoms with Crippen molar-refractivity contribution in [3.63, 3.8) is 0 Å². The Morgan fingerprint density at radius 1 is 1.20 bits per heavy atom. The maximum atomic E-state index is 12.2. The summed E-state index contributed by atoms with van der Waals surface area (Å²) in [5.74, 6) is 0.344. The molecule has 1 aromatic heterocycles. The quantitative estimate of drug-likeness (QED) is 0.585. The lowest BCUT2D eigenvalue weighted by molar-refractivity contribution is -0.122. The molecular formula is C21H19N3O. The number of rotatable bonds is 4. The van der Waals surface area contributed by atoms with E-state index in [9.17, 15) is 4.79 Å². The van der Waals surface area contributed by atoms with Gasteiger partial charge in [0.15, 0.2) is 0 Å². The van der Waals surface area contributed by atoms with Crippen molar-refractivity contribution in [1.82, 2.24) is 10.4 Å². The van der Waals surface area contributed by atoms with Crippen LogP contribution in [0.2, 0.25) is 0 Å². The molecule has 1 amide bonds. The Hall–Kier alpha value is -3.01. The second-order valence-corrected chi connectivity index (χ2v) is 6.51. The van der Waals surface area contributed by atoms with Gasteiger partial charge in [-0.2, -0.15) is 5.10 Å². The highest BCUT2D eigenvalue weighted by atomic mass is 16.2. The molecule has 0 radical (unpaired) electrons. The molecule has 1 fully saturated rings. The van der Waals surface area contributed by atoms with Crippen LogP contribution >= 0.6 is 0 Å². The van der Waals surface area contributed by atoms with Gasteiger partial charge in [-0.1, -0.05) is 36.4 Å². The number of pyridine rings is 1. The molecule has 2 aromatic carbocycles. The molecule has 4 heteroatoms. The normalized spacial score (nSPS) is 19.2. The van der Waals surface area contributed by atoms with E-state index in [-0.39, 0.29) is 11.8 Å². The highest BCUT2D eigenvalue weighted by Crippen LogP contribution is 2.47. The predicted octanol–water partition coefficient (Wildman–Crippen LogP) is 3.80. The van der Waals surface area contributed by atoms with Gasteiger partial charge in [0.1, 0.15) is 0 Å². The molecule has 2 atom stereocenters. The number of hydrazone groups is 1. The zero-order chi connectivity index (χ0) is 17.2. The minimum Gasteiger partial charge on any atom is -0.273 e. The van der Waals surface area contributed by atoms with Gasteiger partial charge in [-0.25, -0.2) is 5.43 Å². The monoisotopic (exact) mass is 329 g/mol. The van der Waals surface area contributed by atoms with Crippen molar-refractivity contribution >= 4 is 23.0 Å². The van der Waals surface area contributed by atoms with Crippen LogP contribution in [0.4, 0.5) is 0 Å². The minimum absolute atomic E-state index is 0.00993. The third kappa shape index (κ3) is 3.29. The lowest BCUT2D eigenvalue weighted by atomic mass is 10.1. The fourth-order valence-corrected chi connectivity index (χ4v) is 3.28. The average Bonchev–Trinajstić information content (AvgIpc) is 3.43. The number of aromatic nitrogens is 1. The molecule has 0 unspecified atom stereocenters. The second-order valence-electron chi connectivity index (χ2n) is 6.51. The molecule has 0 bridgehead atoms. The Kier molecular flexibility index (Phi) is 4.02. The van der Waals surface area contributed by atoms with Gasteiger partial charge in [0.05, 0.1) is 11.7 Å². The Labute approximate surface area is 146 Å². The van der Waals surface area contributed by atoms with Crippen molar-refractivity contribution in [2.75, 3.05) is 0 Å². The van der Waals surface area contributed by atoms with Crippen molar-refractivity contribution < 1.29 is 4.79 Å². The van der Waals surface area contributed by atoms with Crippen LogP contribution in [0.1, 0.15) is 29.0 Å². The first-order chi connectivity index (χ1) is 12.2. The molecular weight excluding hydrogens is 310 g/mol. The number of carbonyl (C=O) groups is 1. The lowest BCUT2D eigenvalue weighted by Gasteiger charge is -2.03. The molecule has 1 saturated carbocycles. The van der Waals surface area contributed by atoms with Crippen LogP contribution in [0, 0.1) is 12.8 Å². The summed E-state index contributed by atoms with van der Waals surface area (Å²) in [7, 11) is 0. The van der Waals surface area contributed by atoms with Crippen molar-refractivity contribution in [3.8, 4) is 0 Å². The third-order valence-corrected chi connectivity index (χ3v) is 4.66. The van der Waals surface area contributed by atoms with Gasteiger partial charge in [-0.3, -0.25) is 9.78 Å². The number of benzene rings is 2. The zero-order valence-corrected chi connectivity index (χ0v) is 14.0. The summed E-state index contributed by atoms with van der Waals surface area (Å²) in [6.45, 7) is 2.03. The molecule has 0 aliphatic heterocycles. The van der Waals surface area contributed by atoms with E-state index in [0.29, 0.717) is 5.92 Å². The maximum Gasteiger partial charge on any atom is 0.243 e. The number of aryl methyl sites for hydroxylation is 1. The molecule has 4 nitrogen and oxygen atoms in total. The molecule has 1 N–H and O–H groups in total. The summed E-state index contributed by atoms with van der Waals surface area (Å²) in [5.41, 5.74) is 6.94. The van der Waals surface area contributed by atoms with E-state index in [1.807, 2.05) is 49.4 Å².